The molecule has 0 spiro atoms. The Bertz CT molecular complexity index is 239. The summed E-state index contributed by atoms with van der Waals surface area (Å²) in [6.07, 6.45) is 12.9. The Morgan fingerprint density at radius 2 is 1.68 bits per heavy atom. The summed E-state index contributed by atoms with van der Waals surface area (Å²) in [5.74, 6) is 2.45. The van der Waals surface area contributed by atoms with Gasteiger partial charge in [0, 0.05) is 6.42 Å². The second-order valence-electron chi connectivity index (χ2n) is 6.30. The predicted octanol–water partition coefficient (Wildman–Crippen LogP) is 4.33. The molecule has 0 aromatic heterocycles. The van der Waals surface area contributed by atoms with Crippen molar-refractivity contribution in [3.63, 3.8) is 0 Å². The third-order valence-electron chi connectivity index (χ3n) is 4.31. The van der Waals surface area contributed by atoms with Crippen LogP contribution in [0, 0.1) is 11.8 Å². The predicted molar refractivity (Wildman–Crippen MR) is 82.4 cm³/mol. The van der Waals surface area contributed by atoms with Gasteiger partial charge in [0.05, 0.1) is 0 Å². The number of hydrogen-bond acceptors (Lipinski definition) is 2. The molecule has 0 aromatic rings. The number of rotatable bonds is 13. The number of nitrogens with one attached hydrogen (secondary N) is 1. The first-order valence-corrected chi connectivity index (χ1v) is 8.44. The van der Waals surface area contributed by atoms with Gasteiger partial charge in [-0.15, -0.1) is 0 Å². The summed E-state index contributed by atoms with van der Waals surface area (Å²) in [7, 11) is 0. The van der Waals surface area contributed by atoms with E-state index in [2.05, 4.69) is 12.2 Å². The molecule has 1 fully saturated rings. The molecule has 1 aliphatic carbocycles. The molecule has 0 heterocycles. The van der Waals surface area contributed by atoms with E-state index in [-0.39, 0.29) is 0 Å². The van der Waals surface area contributed by atoms with Crippen LogP contribution in [0.25, 0.3) is 0 Å². The van der Waals surface area contributed by atoms with Crippen LogP contribution in [0.15, 0.2) is 0 Å². The van der Waals surface area contributed by atoms with Gasteiger partial charge in [-0.2, -0.15) is 0 Å². The summed E-state index contributed by atoms with van der Waals surface area (Å²) in [6, 6.07) is 0. The van der Waals surface area contributed by atoms with Crippen molar-refractivity contribution in [2.45, 2.75) is 78.1 Å². The fraction of sp³-hybridized carbons (Fsp3) is 0.941. The first-order valence-electron chi connectivity index (χ1n) is 8.44. The van der Waals surface area contributed by atoms with E-state index < -0.39 is 0 Å². The molecule has 2 nitrogen and oxygen atoms in total. The summed E-state index contributed by atoms with van der Waals surface area (Å²) < 4.78 is 0. The standard InChI is InChI=1S/C17H33NO/c1-3-4-5-10-16-14-17(16)11-8-13-18-12-7-6-9-15(2)19/h16-18H,3-14H2,1-2H3. The van der Waals surface area contributed by atoms with Crippen molar-refractivity contribution in [3.8, 4) is 0 Å². The van der Waals surface area contributed by atoms with Crippen LogP contribution < -0.4 is 5.32 Å². The van der Waals surface area contributed by atoms with Crippen molar-refractivity contribution < 1.29 is 4.79 Å². The second-order valence-corrected chi connectivity index (χ2v) is 6.30. The van der Waals surface area contributed by atoms with Gasteiger partial charge >= 0.3 is 0 Å². The lowest BCUT2D eigenvalue weighted by Crippen LogP contribution is -2.17. The van der Waals surface area contributed by atoms with Crippen LogP contribution in [-0.4, -0.2) is 18.9 Å². The molecule has 19 heavy (non-hydrogen) atoms. The monoisotopic (exact) mass is 267 g/mol. The molecule has 1 aliphatic rings. The topological polar surface area (TPSA) is 29.1 Å². The molecule has 2 atom stereocenters. The number of carbonyl (C=O) groups excluding carboxylic acids is 1. The van der Waals surface area contributed by atoms with Crippen LogP contribution in [0.3, 0.4) is 0 Å². The number of hydrogen-bond donors (Lipinski definition) is 1. The minimum Gasteiger partial charge on any atom is -0.317 e. The van der Waals surface area contributed by atoms with E-state index >= 15 is 0 Å². The molecule has 1 rings (SSSR count). The summed E-state index contributed by atoms with van der Waals surface area (Å²) in [5.41, 5.74) is 0. The lowest BCUT2D eigenvalue weighted by atomic mass is 10.1. The molecule has 1 N–H and O–H groups in total. The second kappa shape index (κ2) is 10.4. The van der Waals surface area contributed by atoms with E-state index in [1.807, 2.05) is 0 Å². The molecule has 0 aromatic carbocycles. The van der Waals surface area contributed by atoms with Crippen LogP contribution in [0.2, 0.25) is 0 Å². The third kappa shape index (κ3) is 9.21. The first kappa shape index (κ1) is 16.7. The molecule has 112 valence electrons. The SMILES string of the molecule is CCCCCC1CC1CCCNCCCCC(C)=O. The van der Waals surface area contributed by atoms with Gasteiger partial charge in [0.15, 0.2) is 0 Å². The van der Waals surface area contributed by atoms with Crippen LogP contribution >= 0.6 is 0 Å². The minimum atomic E-state index is 0.322. The summed E-state index contributed by atoms with van der Waals surface area (Å²) in [6.45, 7) is 6.21. The van der Waals surface area contributed by atoms with Gasteiger partial charge < -0.3 is 10.1 Å². The average molecular weight is 267 g/mol. The van der Waals surface area contributed by atoms with Gasteiger partial charge in [0.1, 0.15) is 5.78 Å². The molecule has 2 unspecified atom stereocenters. The Kier molecular flexibility index (Phi) is 9.15. The van der Waals surface area contributed by atoms with E-state index in [0.29, 0.717) is 5.78 Å². The normalized spacial score (nSPS) is 21.6. The molecule has 0 amide bonds. The maximum atomic E-state index is 10.8. The van der Waals surface area contributed by atoms with E-state index in [4.69, 9.17) is 0 Å². The van der Waals surface area contributed by atoms with Gasteiger partial charge in [-0.05, 0) is 64.0 Å². The highest BCUT2D eigenvalue weighted by Gasteiger charge is 2.34. The minimum absolute atomic E-state index is 0.322. The van der Waals surface area contributed by atoms with E-state index in [1.54, 1.807) is 6.92 Å². The number of ketones is 1. The highest BCUT2D eigenvalue weighted by atomic mass is 16.1. The third-order valence-corrected chi connectivity index (χ3v) is 4.31. The van der Waals surface area contributed by atoms with Crippen molar-refractivity contribution in [1.82, 2.24) is 5.32 Å². The Balaban J connectivity index is 1.76. The first-order chi connectivity index (χ1) is 9.24. The smallest absolute Gasteiger partial charge is 0.129 e. The number of Topliss-reactive ketones (excluding diaryl/α,β-unsaturated/α-hetero) is 1. The van der Waals surface area contributed by atoms with Crippen molar-refractivity contribution in [2.75, 3.05) is 13.1 Å². The molecular formula is C17H33NO. The maximum Gasteiger partial charge on any atom is 0.129 e. The highest BCUT2D eigenvalue weighted by Crippen LogP contribution is 2.45. The zero-order valence-corrected chi connectivity index (χ0v) is 13.0. The van der Waals surface area contributed by atoms with E-state index in [0.717, 1.165) is 44.2 Å². The molecular weight excluding hydrogens is 234 g/mol. The van der Waals surface area contributed by atoms with Crippen LogP contribution in [-0.2, 0) is 4.79 Å². The summed E-state index contributed by atoms with van der Waals surface area (Å²) in [4.78, 5) is 10.8. The molecule has 0 saturated heterocycles. The Morgan fingerprint density at radius 3 is 2.37 bits per heavy atom. The lowest BCUT2D eigenvalue weighted by molar-refractivity contribution is -0.117. The lowest BCUT2D eigenvalue weighted by Gasteiger charge is -2.04. The zero-order valence-electron chi connectivity index (χ0n) is 13.0. The summed E-state index contributed by atoms with van der Waals surface area (Å²) in [5, 5.41) is 3.50. The van der Waals surface area contributed by atoms with E-state index in [9.17, 15) is 4.79 Å². The highest BCUT2D eigenvalue weighted by molar-refractivity contribution is 5.75. The molecule has 2 heteroatoms. The molecule has 0 radical (unpaired) electrons. The van der Waals surface area contributed by atoms with Crippen molar-refractivity contribution in [3.05, 3.63) is 0 Å². The molecule has 0 aliphatic heterocycles. The van der Waals surface area contributed by atoms with Gasteiger partial charge in [-0.1, -0.05) is 32.6 Å². The van der Waals surface area contributed by atoms with Crippen molar-refractivity contribution >= 4 is 5.78 Å². The van der Waals surface area contributed by atoms with Gasteiger partial charge in [0.25, 0.3) is 0 Å². The Hall–Kier alpha value is -0.370. The van der Waals surface area contributed by atoms with Crippen LogP contribution in [0.1, 0.15) is 78.1 Å². The van der Waals surface area contributed by atoms with Gasteiger partial charge in [-0.3, -0.25) is 0 Å². The van der Waals surface area contributed by atoms with E-state index in [1.165, 1.54) is 44.9 Å². The Morgan fingerprint density at radius 1 is 1.00 bits per heavy atom. The molecule has 0 bridgehead atoms. The summed E-state index contributed by atoms with van der Waals surface area (Å²) >= 11 is 0. The van der Waals surface area contributed by atoms with Crippen LogP contribution in [0.4, 0.5) is 0 Å². The number of carbonyl (C=O) groups is 1. The molecule has 1 saturated carbocycles. The van der Waals surface area contributed by atoms with Gasteiger partial charge in [0.2, 0.25) is 0 Å². The maximum absolute atomic E-state index is 10.8. The fourth-order valence-corrected chi connectivity index (χ4v) is 2.91. The van der Waals surface area contributed by atoms with Crippen LogP contribution in [0.5, 0.6) is 0 Å². The number of unbranched alkanes of at least 4 members (excludes halogenated alkanes) is 3. The fourth-order valence-electron chi connectivity index (χ4n) is 2.91. The quantitative estimate of drug-likeness (QED) is 0.503. The van der Waals surface area contributed by atoms with Crippen molar-refractivity contribution in [2.24, 2.45) is 11.8 Å². The average Bonchev–Trinajstić information content (AvgIpc) is 3.11. The Labute approximate surface area is 119 Å². The van der Waals surface area contributed by atoms with Crippen molar-refractivity contribution in [1.29, 1.82) is 0 Å². The van der Waals surface area contributed by atoms with Gasteiger partial charge in [-0.25, -0.2) is 0 Å². The zero-order chi connectivity index (χ0) is 13.9. The largest absolute Gasteiger partial charge is 0.317 e.